The Morgan fingerprint density at radius 3 is 2.47 bits per heavy atom. The van der Waals surface area contributed by atoms with E-state index in [1.165, 1.54) is 0 Å². The molecule has 0 aromatic carbocycles. The maximum absolute atomic E-state index is 12.6. The third-order valence-corrected chi connectivity index (χ3v) is 3.15. The molecule has 0 aromatic rings. The fourth-order valence-corrected chi connectivity index (χ4v) is 1.86. The molecule has 0 amide bonds. The molecule has 15 heavy (non-hydrogen) atoms. The van der Waals surface area contributed by atoms with E-state index in [1.807, 2.05) is 0 Å². The molecule has 0 heterocycles. The van der Waals surface area contributed by atoms with Crippen LogP contribution in [-0.2, 0) is 14.9 Å². The Hall–Kier alpha value is -1.25. The Kier molecular flexibility index (Phi) is 2.68. The van der Waals surface area contributed by atoms with Crippen LogP contribution in [-0.4, -0.2) is 34.1 Å². The van der Waals surface area contributed by atoms with Gasteiger partial charge in [-0.25, -0.2) is 4.39 Å². The van der Waals surface area contributed by atoms with Gasteiger partial charge in [0.2, 0.25) is 4.93 Å². The molecule has 1 aliphatic rings. The monoisotopic (exact) mass is 238 g/mol. The fraction of sp³-hybridized carbons (Fsp3) is 0.286. The molecule has 0 fully saturated rings. The molecular weight excluding hydrogens is 231 g/mol. The van der Waals surface area contributed by atoms with E-state index in [1.54, 1.807) is 0 Å². The number of halogens is 1. The van der Waals surface area contributed by atoms with Gasteiger partial charge in [-0.3, -0.25) is 9.35 Å². The molecular formula is C7H7FO6S. The van der Waals surface area contributed by atoms with Crippen molar-refractivity contribution in [3.8, 4) is 0 Å². The molecule has 3 N–H and O–H groups in total. The topological polar surface area (TPSA) is 112 Å². The van der Waals surface area contributed by atoms with Crippen molar-refractivity contribution < 1.29 is 32.4 Å². The Labute approximate surface area is 84.1 Å². The fourth-order valence-electron chi connectivity index (χ4n) is 1.13. The molecule has 0 spiro atoms. The number of aliphatic carboxylic acids is 1. The predicted molar refractivity (Wildman–Crippen MR) is 46.0 cm³/mol. The maximum atomic E-state index is 12.6. The van der Waals surface area contributed by atoms with E-state index in [4.69, 9.17) is 9.66 Å². The number of rotatable bonds is 2. The molecule has 1 rings (SSSR count). The number of carboxylic acid groups (broad SMARTS) is 1. The van der Waals surface area contributed by atoms with Crippen molar-refractivity contribution in [2.45, 2.75) is 4.93 Å². The van der Waals surface area contributed by atoms with Gasteiger partial charge in [-0.15, -0.1) is 0 Å². The van der Waals surface area contributed by atoms with E-state index in [2.05, 4.69) is 0 Å². The summed E-state index contributed by atoms with van der Waals surface area (Å²) in [6, 6.07) is 0. The predicted octanol–water partition coefficient (Wildman–Crippen LogP) is -0.313. The zero-order valence-corrected chi connectivity index (χ0v) is 7.98. The molecule has 0 aromatic heterocycles. The number of allylic oxidation sites excluding steroid dienone is 2. The van der Waals surface area contributed by atoms with Gasteiger partial charge in [-0.2, -0.15) is 8.42 Å². The smallest absolute Gasteiger partial charge is 0.315 e. The lowest BCUT2D eigenvalue weighted by atomic mass is 9.97. The summed E-state index contributed by atoms with van der Waals surface area (Å²) in [7, 11) is -5.07. The largest absolute Gasteiger partial charge is 0.481 e. The highest BCUT2D eigenvalue weighted by Gasteiger charge is 2.50. The van der Waals surface area contributed by atoms with Gasteiger partial charge in [-0.05, 0) is 18.2 Å². The molecule has 0 aliphatic heterocycles. The van der Waals surface area contributed by atoms with Gasteiger partial charge < -0.3 is 10.2 Å². The van der Waals surface area contributed by atoms with Crippen molar-refractivity contribution in [1.82, 2.24) is 0 Å². The number of carboxylic acids is 1. The van der Waals surface area contributed by atoms with Crippen molar-refractivity contribution in [3.63, 3.8) is 0 Å². The highest BCUT2D eigenvalue weighted by molar-refractivity contribution is 7.87. The highest BCUT2D eigenvalue weighted by atomic mass is 32.2. The summed E-state index contributed by atoms with van der Waals surface area (Å²) in [5.41, 5.74) is 0. The van der Waals surface area contributed by atoms with Crippen LogP contribution in [0.25, 0.3) is 0 Å². The minimum absolute atomic E-state index is 0.385. The Morgan fingerprint density at radius 1 is 1.53 bits per heavy atom. The number of hydrogen-bond acceptors (Lipinski definition) is 4. The third-order valence-electron chi connectivity index (χ3n) is 1.93. The second-order valence-electron chi connectivity index (χ2n) is 2.93. The molecule has 2 atom stereocenters. The van der Waals surface area contributed by atoms with E-state index in [-0.39, 0.29) is 0 Å². The minimum Gasteiger partial charge on any atom is -0.481 e. The van der Waals surface area contributed by atoms with E-state index < -0.39 is 32.8 Å². The molecule has 0 radical (unpaired) electrons. The van der Waals surface area contributed by atoms with Crippen molar-refractivity contribution in [2.75, 3.05) is 0 Å². The molecule has 8 heteroatoms. The lowest BCUT2D eigenvalue weighted by molar-refractivity contribution is -0.143. The maximum Gasteiger partial charge on any atom is 0.315 e. The molecule has 0 saturated heterocycles. The lowest BCUT2D eigenvalue weighted by Crippen LogP contribution is -2.47. The zero-order valence-electron chi connectivity index (χ0n) is 7.16. The van der Waals surface area contributed by atoms with Gasteiger partial charge in [0, 0.05) is 0 Å². The average Bonchev–Trinajstić information content (AvgIpc) is 2.07. The second-order valence-corrected chi connectivity index (χ2v) is 4.53. The highest BCUT2D eigenvalue weighted by Crippen LogP contribution is 2.32. The first kappa shape index (κ1) is 11.8. The van der Waals surface area contributed by atoms with E-state index in [0.717, 1.165) is 0 Å². The van der Waals surface area contributed by atoms with Gasteiger partial charge in [0.15, 0.2) is 0 Å². The molecule has 1 aliphatic carbocycles. The molecule has 2 unspecified atom stereocenters. The average molecular weight is 238 g/mol. The SMILES string of the molecule is O=C(O)C1C=C(F)C=CC1(O)S(=O)(=O)O. The van der Waals surface area contributed by atoms with Gasteiger partial charge in [0.05, 0.1) is 0 Å². The molecule has 0 bridgehead atoms. The summed E-state index contributed by atoms with van der Waals surface area (Å²) in [6.07, 6.45) is 1.35. The summed E-state index contributed by atoms with van der Waals surface area (Å²) >= 11 is 0. The lowest BCUT2D eigenvalue weighted by Gasteiger charge is -2.27. The quantitative estimate of drug-likeness (QED) is 0.569. The van der Waals surface area contributed by atoms with Gasteiger partial charge >= 0.3 is 5.97 Å². The first-order valence-corrected chi connectivity index (χ1v) is 5.11. The van der Waals surface area contributed by atoms with Crippen LogP contribution in [0, 0.1) is 5.92 Å². The van der Waals surface area contributed by atoms with Crippen LogP contribution in [0.1, 0.15) is 0 Å². The van der Waals surface area contributed by atoms with E-state index in [0.29, 0.717) is 18.2 Å². The molecule has 0 saturated carbocycles. The Morgan fingerprint density at radius 2 is 2.07 bits per heavy atom. The van der Waals surface area contributed by atoms with Crippen LogP contribution in [0.15, 0.2) is 24.1 Å². The van der Waals surface area contributed by atoms with Crippen molar-refractivity contribution in [3.05, 3.63) is 24.1 Å². The van der Waals surface area contributed by atoms with E-state index in [9.17, 15) is 22.7 Å². The minimum atomic E-state index is -5.07. The summed E-state index contributed by atoms with van der Waals surface area (Å²) in [4.78, 5) is 7.55. The summed E-state index contributed by atoms with van der Waals surface area (Å²) in [5.74, 6) is -4.86. The van der Waals surface area contributed by atoms with Crippen molar-refractivity contribution in [2.24, 2.45) is 5.92 Å². The number of aliphatic hydroxyl groups is 1. The van der Waals surface area contributed by atoms with Crippen molar-refractivity contribution >= 4 is 16.1 Å². The van der Waals surface area contributed by atoms with Gasteiger partial charge in [-0.1, -0.05) is 0 Å². The Balaban J connectivity index is 3.33. The number of hydrogen-bond donors (Lipinski definition) is 3. The van der Waals surface area contributed by atoms with Crippen molar-refractivity contribution in [1.29, 1.82) is 0 Å². The first-order chi connectivity index (χ1) is 6.68. The summed E-state index contributed by atoms with van der Waals surface area (Å²) < 4.78 is 42.8. The summed E-state index contributed by atoms with van der Waals surface area (Å²) in [5, 5.41) is 18.0. The van der Waals surface area contributed by atoms with Gasteiger partial charge in [0.1, 0.15) is 11.7 Å². The van der Waals surface area contributed by atoms with E-state index >= 15 is 0 Å². The van der Waals surface area contributed by atoms with Crippen LogP contribution < -0.4 is 0 Å². The second kappa shape index (κ2) is 3.40. The third kappa shape index (κ3) is 1.91. The van der Waals surface area contributed by atoms with Crippen LogP contribution >= 0.6 is 0 Å². The van der Waals surface area contributed by atoms with Crippen LogP contribution in [0.3, 0.4) is 0 Å². The van der Waals surface area contributed by atoms with Gasteiger partial charge in [0.25, 0.3) is 10.1 Å². The molecule has 6 nitrogen and oxygen atoms in total. The van der Waals surface area contributed by atoms with Crippen LogP contribution in [0.5, 0.6) is 0 Å². The normalized spacial score (nSPS) is 31.1. The van der Waals surface area contributed by atoms with Crippen LogP contribution in [0.4, 0.5) is 4.39 Å². The standard InChI is InChI=1S/C7H7FO6S/c8-4-1-2-7(11,15(12,13)14)5(3-4)6(9)10/h1-3,5,11H,(H,9,10)(H,12,13,14). The molecule has 84 valence electrons. The summed E-state index contributed by atoms with van der Waals surface area (Å²) in [6.45, 7) is 0. The first-order valence-electron chi connectivity index (χ1n) is 3.67. The van der Waals surface area contributed by atoms with Crippen LogP contribution in [0.2, 0.25) is 0 Å². The zero-order chi connectivity index (χ0) is 11.9. The number of carbonyl (C=O) groups is 1. The Bertz CT molecular complexity index is 450.